The molecule has 0 saturated carbocycles. The normalized spacial score (nSPS) is 12.9. The van der Waals surface area contributed by atoms with Gasteiger partial charge in [0.2, 0.25) is 0 Å². The van der Waals surface area contributed by atoms with Gasteiger partial charge in [-0.15, -0.1) is 0 Å². The molecule has 0 aliphatic heterocycles. The van der Waals surface area contributed by atoms with Crippen molar-refractivity contribution in [3.8, 4) is 0 Å². The van der Waals surface area contributed by atoms with E-state index in [1.54, 1.807) is 19.0 Å². The molecule has 0 saturated heterocycles. The quantitative estimate of drug-likeness (QED) is 0.851. The Bertz CT molecular complexity index is 387. The minimum absolute atomic E-state index is 0.569. The van der Waals surface area contributed by atoms with Gasteiger partial charge in [-0.05, 0) is 51.6 Å². The fourth-order valence-corrected chi connectivity index (χ4v) is 2.23. The van der Waals surface area contributed by atoms with Crippen molar-refractivity contribution in [2.24, 2.45) is 0 Å². The molecule has 0 bridgehead atoms. The van der Waals surface area contributed by atoms with E-state index in [-0.39, 0.29) is 0 Å². The molecule has 1 aromatic carbocycles. The second kappa shape index (κ2) is 4.66. The maximum Gasteiger partial charge on any atom is 0.325 e. The lowest BCUT2D eigenvalue weighted by Crippen LogP contribution is -2.28. The molecule has 0 fully saturated rings. The van der Waals surface area contributed by atoms with E-state index in [2.05, 4.69) is 0 Å². The average molecular weight is 221 g/mol. The van der Waals surface area contributed by atoms with Gasteiger partial charge in [0, 0.05) is 0 Å². The zero-order chi connectivity index (χ0) is 12.5. The molecule has 0 amide bonds. The SMILES string of the molecule is Cc1cc(C)c(C(C(=O)O)N(C)C)c(C)c1. The molecule has 88 valence electrons. The third-order valence-electron chi connectivity index (χ3n) is 2.76. The predicted molar refractivity (Wildman–Crippen MR) is 64.7 cm³/mol. The number of aliphatic carboxylic acids is 1. The highest BCUT2D eigenvalue weighted by Crippen LogP contribution is 2.26. The van der Waals surface area contributed by atoms with Gasteiger partial charge in [-0.3, -0.25) is 9.69 Å². The molecule has 3 heteroatoms. The number of likely N-dealkylation sites (N-methyl/N-ethyl adjacent to an activating group) is 1. The Morgan fingerprint density at radius 3 is 1.94 bits per heavy atom. The number of carbonyl (C=O) groups is 1. The minimum Gasteiger partial charge on any atom is -0.480 e. The van der Waals surface area contributed by atoms with E-state index in [0.29, 0.717) is 0 Å². The number of benzene rings is 1. The van der Waals surface area contributed by atoms with Crippen LogP contribution in [0.25, 0.3) is 0 Å². The van der Waals surface area contributed by atoms with Crippen molar-refractivity contribution in [1.29, 1.82) is 0 Å². The van der Waals surface area contributed by atoms with Gasteiger partial charge in [0.15, 0.2) is 0 Å². The Kier molecular flexibility index (Phi) is 3.70. The molecule has 0 aliphatic carbocycles. The van der Waals surface area contributed by atoms with E-state index in [0.717, 1.165) is 16.7 Å². The van der Waals surface area contributed by atoms with E-state index in [1.165, 1.54) is 5.56 Å². The summed E-state index contributed by atoms with van der Waals surface area (Å²) in [5, 5.41) is 9.27. The molecule has 1 atom stereocenters. The first kappa shape index (κ1) is 12.7. The van der Waals surface area contributed by atoms with Crippen LogP contribution < -0.4 is 0 Å². The molecule has 0 radical (unpaired) electrons. The summed E-state index contributed by atoms with van der Waals surface area (Å²) in [5.41, 5.74) is 4.15. The van der Waals surface area contributed by atoms with Gasteiger partial charge in [-0.2, -0.15) is 0 Å². The van der Waals surface area contributed by atoms with Crippen LogP contribution in [-0.2, 0) is 4.79 Å². The Morgan fingerprint density at radius 1 is 1.19 bits per heavy atom. The minimum atomic E-state index is -0.806. The maximum atomic E-state index is 11.3. The highest BCUT2D eigenvalue weighted by Gasteiger charge is 2.25. The van der Waals surface area contributed by atoms with Crippen LogP contribution in [0.15, 0.2) is 12.1 Å². The van der Waals surface area contributed by atoms with Crippen LogP contribution in [0, 0.1) is 20.8 Å². The summed E-state index contributed by atoms with van der Waals surface area (Å²) in [6.07, 6.45) is 0. The molecular formula is C13H19NO2. The van der Waals surface area contributed by atoms with E-state index >= 15 is 0 Å². The third-order valence-corrected chi connectivity index (χ3v) is 2.76. The van der Waals surface area contributed by atoms with Crippen molar-refractivity contribution in [2.75, 3.05) is 14.1 Å². The zero-order valence-electron chi connectivity index (χ0n) is 10.5. The Morgan fingerprint density at radius 2 is 1.62 bits per heavy atom. The number of rotatable bonds is 3. The summed E-state index contributed by atoms with van der Waals surface area (Å²) in [7, 11) is 3.58. The van der Waals surface area contributed by atoms with Gasteiger partial charge in [0.25, 0.3) is 0 Å². The lowest BCUT2D eigenvalue weighted by atomic mass is 9.93. The van der Waals surface area contributed by atoms with Crippen LogP contribution in [0.5, 0.6) is 0 Å². The first-order valence-corrected chi connectivity index (χ1v) is 5.31. The van der Waals surface area contributed by atoms with Crippen LogP contribution in [0.4, 0.5) is 0 Å². The first-order valence-electron chi connectivity index (χ1n) is 5.31. The van der Waals surface area contributed by atoms with E-state index in [9.17, 15) is 9.90 Å². The molecule has 1 aromatic rings. The molecule has 3 nitrogen and oxygen atoms in total. The smallest absolute Gasteiger partial charge is 0.325 e. The van der Waals surface area contributed by atoms with Gasteiger partial charge < -0.3 is 5.11 Å². The van der Waals surface area contributed by atoms with Gasteiger partial charge in [-0.25, -0.2) is 0 Å². The number of carboxylic acid groups (broad SMARTS) is 1. The van der Waals surface area contributed by atoms with Crippen molar-refractivity contribution in [1.82, 2.24) is 4.90 Å². The second-order valence-electron chi connectivity index (χ2n) is 4.52. The summed E-state index contributed by atoms with van der Waals surface area (Å²) in [4.78, 5) is 13.0. The molecule has 0 aromatic heterocycles. The molecule has 1 N–H and O–H groups in total. The van der Waals surface area contributed by atoms with Gasteiger partial charge >= 0.3 is 5.97 Å². The molecule has 0 heterocycles. The summed E-state index contributed by atoms with van der Waals surface area (Å²) in [6.45, 7) is 5.96. The lowest BCUT2D eigenvalue weighted by Gasteiger charge is -2.24. The van der Waals surface area contributed by atoms with Crippen molar-refractivity contribution in [2.45, 2.75) is 26.8 Å². The fraction of sp³-hybridized carbons (Fsp3) is 0.462. The largest absolute Gasteiger partial charge is 0.480 e. The Hall–Kier alpha value is -1.35. The number of carboxylic acids is 1. The van der Waals surface area contributed by atoms with E-state index < -0.39 is 12.0 Å². The molecule has 1 rings (SSSR count). The predicted octanol–water partition coefficient (Wildman–Crippen LogP) is 2.30. The standard InChI is InChI=1S/C13H19NO2/c1-8-6-9(2)11(10(3)7-8)12(13(15)16)14(4)5/h6-7,12H,1-5H3,(H,15,16). The monoisotopic (exact) mass is 221 g/mol. The fourth-order valence-electron chi connectivity index (χ4n) is 2.23. The van der Waals surface area contributed by atoms with Gasteiger partial charge in [-0.1, -0.05) is 17.7 Å². The molecule has 16 heavy (non-hydrogen) atoms. The van der Waals surface area contributed by atoms with Crippen LogP contribution in [0.1, 0.15) is 28.3 Å². The van der Waals surface area contributed by atoms with Crippen LogP contribution in [0.3, 0.4) is 0 Å². The second-order valence-corrected chi connectivity index (χ2v) is 4.52. The number of nitrogens with zero attached hydrogens (tertiary/aromatic N) is 1. The van der Waals surface area contributed by atoms with Gasteiger partial charge in [0.05, 0.1) is 0 Å². The third kappa shape index (κ3) is 2.42. The van der Waals surface area contributed by atoms with Crippen LogP contribution in [0.2, 0.25) is 0 Å². The van der Waals surface area contributed by atoms with E-state index in [4.69, 9.17) is 0 Å². The molecule has 0 spiro atoms. The van der Waals surface area contributed by atoms with Gasteiger partial charge in [0.1, 0.15) is 6.04 Å². The molecule has 0 aliphatic rings. The number of hydrogen-bond acceptors (Lipinski definition) is 2. The van der Waals surface area contributed by atoms with Crippen LogP contribution in [-0.4, -0.2) is 30.1 Å². The molecule has 1 unspecified atom stereocenters. The van der Waals surface area contributed by atoms with Crippen molar-refractivity contribution in [3.05, 3.63) is 34.4 Å². The van der Waals surface area contributed by atoms with Crippen LogP contribution >= 0.6 is 0 Å². The molecular weight excluding hydrogens is 202 g/mol. The summed E-state index contributed by atoms with van der Waals surface area (Å²) in [5.74, 6) is -0.806. The van der Waals surface area contributed by atoms with Crippen molar-refractivity contribution in [3.63, 3.8) is 0 Å². The average Bonchev–Trinajstić information content (AvgIpc) is 2.09. The number of aryl methyl sites for hydroxylation is 3. The highest BCUT2D eigenvalue weighted by molar-refractivity contribution is 5.76. The number of hydrogen-bond donors (Lipinski definition) is 1. The lowest BCUT2D eigenvalue weighted by molar-refractivity contribution is -0.142. The first-order chi connectivity index (χ1) is 7.34. The highest BCUT2D eigenvalue weighted by atomic mass is 16.4. The van der Waals surface area contributed by atoms with E-state index in [1.807, 2.05) is 32.9 Å². The van der Waals surface area contributed by atoms with Crippen molar-refractivity contribution < 1.29 is 9.90 Å². The maximum absolute atomic E-state index is 11.3. The Labute approximate surface area is 96.7 Å². The summed E-state index contributed by atoms with van der Waals surface area (Å²) >= 11 is 0. The zero-order valence-corrected chi connectivity index (χ0v) is 10.5. The summed E-state index contributed by atoms with van der Waals surface area (Å²) < 4.78 is 0. The van der Waals surface area contributed by atoms with Crippen molar-refractivity contribution >= 4 is 5.97 Å². The Balaban J connectivity index is 3.35. The summed E-state index contributed by atoms with van der Waals surface area (Å²) in [6, 6.07) is 3.49. The topological polar surface area (TPSA) is 40.5 Å².